The van der Waals surface area contributed by atoms with Gasteiger partial charge in [-0.25, -0.2) is 19.9 Å². The maximum atomic E-state index is 9.01. The Hall–Kier alpha value is -4.74. The number of nitrogens with one attached hydrogen (secondary N) is 1. The zero-order valence-electron chi connectivity index (χ0n) is 20.8. The van der Waals surface area contributed by atoms with Crippen molar-refractivity contribution in [2.24, 2.45) is 0 Å². The highest BCUT2D eigenvalue weighted by Crippen LogP contribution is 2.31. The van der Waals surface area contributed by atoms with Gasteiger partial charge in [-0.3, -0.25) is 9.88 Å². The summed E-state index contributed by atoms with van der Waals surface area (Å²) in [6.07, 6.45) is 7.17. The zero-order valence-corrected chi connectivity index (χ0v) is 20.8. The van der Waals surface area contributed by atoms with E-state index < -0.39 is 0 Å². The molecule has 4 heterocycles. The molecule has 6 rings (SSSR count). The lowest BCUT2D eigenvalue weighted by atomic mass is 10.0. The van der Waals surface area contributed by atoms with Crippen LogP contribution in [0, 0.1) is 11.3 Å². The average molecular weight is 499 g/mol. The van der Waals surface area contributed by atoms with Crippen molar-refractivity contribution in [3.8, 4) is 28.6 Å². The number of fused-ring (bicyclic) bond motifs is 1. The van der Waals surface area contributed by atoms with E-state index in [1.165, 1.54) is 5.56 Å². The minimum absolute atomic E-state index is 0.193. The Balaban J connectivity index is 1.15. The van der Waals surface area contributed by atoms with Gasteiger partial charge in [-0.05, 0) is 30.5 Å². The number of anilines is 1. The highest BCUT2D eigenvalue weighted by molar-refractivity contribution is 5.85. The Morgan fingerprint density at radius 1 is 0.816 bits per heavy atom. The smallest absolute Gasteiger partial charge is 0.234 e. The minimum Gasteiger partial charge on any atom is -0.367 e. The summed E-state index contributed by atoms with van der Waals surface area (Å²) in [6.45, 7) is 2.89. The van der Waals surface area contributed by atoms with Crippen LogP contribution in [0.25, 0.3) is 33.5 Å². The first kappa shape index (κ1) is 23.6. The molecule has 0 saturated carbocycles. The lowest BCUT2D eigenvalue weighted by Crippen LogP contribution is -2.38. The SMILES string of the molecule is N#Cc1nccc(NC2CCN(Cc3ccc(-c4nc5cnccc5nc4-c4ccccc4)cc3)CC2)n1. The van der Waals surface area contributed by atoms with Gasteiger partial charge in [0, 0.05) is 49.2 Å². The largest absolute Gasteiger partial charge is 0.367 e. The van der Waals surface area contributed by atoms with Gasteiger partial charge in [0.05, 0.1) is 23.1 Å². The first-order valence-corrected chi connectivity index (χ1v) is 12.7. The minimum atomic E-state index is 0.193. The fraction of sp³-hybridized carbons (Fsp3) is 0.200. The van der Waals surface area contributed by atoms with Crippen molar-refractivity contribution >= 4 is 16.9 Å². The van der Waals surface area contributed by atoms with Crippen LogP contribution in [0.3, 0.4) is 0 Å². The Morgan fingerprint density at radius 2 is 1.55 bits per heavy atom. The molecule has 186 valence electrons. The molecule has 8 heteroatoms. The molecule has 0 bridgehead atoms. The number of likely N-dealkylation sites (tertiary alicyclic amines) is 1. The van der Waals surface area contributed by atoms with Crippen molar-refractivity contribution in [2.75, 3.05) is 18.4 Å². The number of nitriles is 1. The summed E-state index contributed by atoms with van der Waals surface area (Å²) in [7, 11) is 0. The summed E-state index contributed by atoms with van der Waals surface area (Å²) in [4.78, 5) is 24.8. The predicted molar refractivity (Wildman–Crippen MR) is 147 cm³/mol. The number of pyridine rings is 1. The van der Waals surface area contributed by atoms with Crippen LogP contribution in [0.15, 0.2) is 85.3 Å². The first-order valence-electron chi connectivity index (χ1n) is 12.7. The molecule has 1 fully saturated rings. The molecular formula is C30H26N8. The molecule has 1 N–H and O–H groups in total. The summed E-state index contributed by atoms with van der Waals surface area (Å²) >= 11 is 0. The third-order valence-corrected chi connectivity index (χ3v) is 6.84. The van der Waals surface area contributed by atoms with Gasteiger partial charge in [0.1, 0.15) is 17.4 Å². The van der Waals surface area contributed by atoms with E-state index in [4.69, 9.17) is 15.2 Å². The molecule has 2 aromatic carbocycles. The van der Waals surface area contributed by atoms with Gasteiger partial charge in [-0.1, -0.05) is 54.6 Å². The number of piperidine rings is 1. The number of aromatic nitrogens is 5. The van der Waals surface area contributed by atoms with E-state index in [9.17, 15) is 0 Å². The number of hydrogen-bond donors (Lipinski definition) is 1. The molecule has 0 radical (unpaired) electrons. The summed E-state index contributed by atoms with van der Waals surface area (Å²) in [5.74, 6) is 0.908. The average Bonchev–Trinajstić information content (AvgIpc) is 2.98. The molecule has 3 aromatic heterocycles. The number of nitrogens with zero attached hydrogens (tertiary/aromatic N) is 7. The Morgan fingerprint density at radius 3 is 2.32 bits per heavy atom. The second-order valence-corrected chi connectivity index (χ2v) is 9.42. The Kier molecular flexibility index (Phi) is 6.66. The van der Waals surface area contributed by atoms with Crippen LogP contribution in [-0.4, -0.2) is 49.0 Å². The molecular weight excluding hydrogens is 472 g/mol. The Labute approximate surface area is 221 Å². The Bertz CT molecular complexity index is 1590. The van der Waals surface area contributed by atoms with E-state index in [2.05, 4.69) is 61.6 Å². The monoisotopic (exact) mass is 498 g/mol. The van der Waals surface area contributed by atoms with Crippen molar-refractivity contribution in [3.05, 3.63) is 96.7 Å². The fourth-order valence-corrected chi connectivity index (χ4v) is 4.87. The van der Waals surface area contributed by atoms with Gasteiger partial charge in [-0.15, -0.1) is 0 Å². The van der Waals surface area contributed by atoms with Crippen molar-refractivity contribution in [1.82, 2.24) is 29.8 Å². The van der Waals surface area contributed by atoms with E-state index in [1.807, 2.05) is 36.4 Å². The van der Waals surface area contributed by atoms with E-state index in [-0.39, 0.29) is 5.82 Å². The molecule has 1 saturated heterocycles. The van der Waals surface area contributed by atoms with Gasteiger partial charge >= 0.3 is 0 Å². The van der Waals surface area contributed by atoms with Gasteiger partial charge in [0.25, 0.3) is 0 Å². The van der Waals surface area contributed by atoms with Crippen LogP contribution in [0.4, 0.5) is 5.82 Å². The number of hydrogen-bond acceptors (Lipinski definition) is 8. The van der Waals surface area contributed by atoms with E-state index in [0.29, 0.717) is 11.9 Å². The van der Waals surface area contributed by atoms with Crippen LogP contribution in [-0.2, 0) is 6.54 Å². The molecule has 1 aliphatic heterocycles. The third kappa shape index (κ3) is 5.19. The lowest BCUT2D eigenvalue weighted by molar-refractivity contribution is 0.211. The fourth-order valence-electron chi connectivity index (χ4n) is 4.87. The summed E-state index contributed by atoms with van der Waals surface area (Å²) in [5, 5.41) is 12.5. The maximum Gasteiger partial charge on any atom is 0.234 e. The van der Waals surface area contributed by atoms with Gasteiger partial charge in [0.2, 0.25) is 5.82 Å². The molecule has 0 aliphatic carbocycles. The molecule has 0 amide bonds. The number of benzene rings is 2. The van der Waals surface area contributed by atoms with E-state index in [0.717, 1.165) is 66.0 Å². The topological polar surface area (TPSA) is 104 Å². The van der Waals surface area contributed by atoms with Crippen LogP contribution < -0.4 is 5.32 Å². The molecule has 0 spiro atoms. The van der Waals surface area contributed by atoms with Crippen LogP contribution >= 0.6 is 0 Å². The van der Waals surface area contributed by atoms with Gasteiger partial charge in [0.15, 0.2) is 0 Å². The second kappa shape index (κ2) is 10.7. The molecule has 1 aliphatic rings. The molecule has 0 unspecified atom stereocenters. The van der Waals surface area contributed by atoms with Gasteiger partial charge < -0.3 is 5.32 Å². The third-order valence-electron chi connectivity index (χ3n) is 6.84. The lowest BCUT2D eigenvalue weighted by Gasteiger charge is -2.32. The van der Waals surface area contributed by atoms with Crippen molar-refractivity contribution in [2.45, 2.75) is 25.4 Å². The zero-order chi connectivity index (χ0) is 25.7. The quantitative estimate of drug-likeness (QED) is 0.345. The van der Waals surface area contributed by atoms with Crippen molar-refractivity contribution < 1.29 is 0 Å². The van der Waals surface area contributed by atoms with Crippen LogP contribution in [0.2, 0.25) is 0 Å². The molecule has 5 aromatic rings. The van der Waals surface area contributed by atoms with E-state index >= 15 is 0 Å². The number of rotatable bonds is 6. The maximum absolute atomic E-state index is 9.01. The van der Waals surface area contributed by atoms with Gasteiger partial charge in [-0.2, -0.15) is 5.26 Å². The second-order valence-electron chi connectivity index (χ2n) is 9.42. The summed E-state index contributed by atoms with van der Waals surface area (Å²) < 4.78 is 0. The standard InChI is InChI=1S/C30H26N8/c31-18-28-33-15-11-27(37-28)34-24-12-16-38(17-13-24)20-21-6-8-23(9-7-21)30-29(22-4-2-1-3-5-22)35-25-10-14-32-19-26(25)36-30/h1-11,14-15,19,24H,12-13,16-17,20H2,(H,33,34,37). The molecule has 0 atom stereocenters. The van der Waals surface area contributed by atoms with Crippen molar-refractivity contribution in [1.29, 1.82) is 5.26 Å². The van der Waals surface area contributed by atoms with Crippen LogP contribution in [0.5, 0.6) is 0 Å². The van der Waals surface area contributed by atoms with Crippen LogP contribution in [0.1, 0.15) is 24.2 Å². The molecule has 8 nitrogen and oxygen atoms in total. The highest BCUT2D eigenvalue weighted by atomic mass is 15.1. The summed E-state index contributed by atoms with van der Waals surface area (Å²) in [6, 6.07) is 24.9. The first-order chi connectivity index (χ1) is 18.7. The predicted octanol–water partition coefficient (Wildman–Crippen LogP) is 5.10. The van der Waals surface area contributed by atoms with Crippen molar-refractivity contribution in [3.63, 3.8) is 0 Å². The summed E-state index contributed by atoms with van der Waals surface area (Å²) in [5.41, 5.74) is 6.70. The normalized spacial score (nSPS) is 14.3. The highest BCUT2D eigenvalue weighted by Gasteiger charge is 2.20. The van der Waals surface area contributed by atoms with E-state index in [1.54, 1.807) is 18.6 Å². The molecule has 38 heavy (non-hydrogen) atoms.